The number of carboxylic acid groups (broad SMARTS) is 1. The second-order valence-electron chi connectivity index (χ2n) is 20.3. The fourth-order valence-electron chi connectivity index (χ4n) is 9.08. The largest absolute Gasteiger partial charge is 0.480 e. The number of likely N-dealkylation sites (tertiary alicyclic amines) is 2. The zero-order valence-corrected chi connectivity index (χ0v) is 45.4. The molecule has 18 N–H and O–H groups in total. The zero-order chi connectivity index (χ0) is 58.2. The number of nitrogens with zero attached hydrogens (tertiary/aromatic N) is 2. The van der Waals surface area contributed by atoms with Gasteiger partial charge in [0.1, 0.15) is 48.3 Å². The molecule has 2 heterocycles. The number of nitrogens with one attached hydrogen (secondary N) is 9. The van der Waals surface area contributed by atoms with Gasteiger partial charge in [-0.05, 0) is 88.7 Å². The van der Waals surface area contributed by atoms with E-state index in [4.69, 9.17) is 28.3 Å². The second kappa shape index (κ2) is 32.3. The zero-order valence-electron chi connectivity index (χ0n) is 45.4. The van der Waals surface area contributed by atoms with Crippen LogP contribution >= 0.6 is 0 Å². The molecule has 10 atom stereocenters. The lowest BCUT2D eigenvalue weighted by molar-refractivity contribution is -0.143. The summed E-state index contributed by atoms with van der Waals surface area (Å²) in [5, 5.41) is 37.9. The van der Waals surface area contributed by atoms with Gasteiger partial charge in [-0.2, -0.15) is 0 Å². The van der Waals surface area contributed by atoms with Crippen LogP contribution in [-0.4, -0.2) is 173 Å². The molecule has 0 saturated carbocycles. The van der Waals surface area contributed by atoms with E-state index in [-0.39, 0.29) is 76.6 Å². The lowest BCUT2D eigenvalue weighted by Crippen LogP contribution is -2.61. The Balaban J connectivity index is 1.75. The lowest BCUT2D eigenvalue weighted by Gasteiger charge is -2.33. The van der Waals surface area contributed by atoms with Crippen molar-refractivity contribution >= 4 is 71.0 Å². The molecule has 10 amide bonds. The molecule has 78 heavy (non-hydrogen) atoms. The van der Waals surface area contributed by atoms with Gasteiger partial charge in [0, 0.05) is 26.1 Å². The van der Waals surface area contributed by atoms with Crippen molar-refractivity contribution in [2.24, 2.45) is 34.8 Å². The van der Waals surface area contributed by atoms with Crippen LogP contribution in [0.4, 0.5) is 0 Å². The first-order valence-electron chi connectivity index (χ1n) is 26.7. The van der Waals surface area contributed by atoms with Crippen LogP contribution in [0.2, 0.25) is 0 Å². The quantitative estimate of drug-likeness (QED) is 0.0190. The number of hydrogen-bond donors (Lipinski definition) is 14. The molecule has 2 aliphatic rings. The number of unbranched alkanes of at least 4 members (excludes halogenated alkanes) is 1. The molecule has 27 nitrogen and oxygen atoms in total. The highest BCUT2D eigenvalue weighted by Gasteiger charge is 2.42. The van der Waals surface area contributed by atoms with Crippen molar-refractivity contribution in [3.63, 3.8) is 0 Å². The van der Waals surface area contributed by atoms with Crippen LogP contribution in [0.5, 0.6) is 0 Å². The second-order valence-corrected chi connectivity index (χ2v) is 20.3. The Labute approximate surface area is 454 Å². The van der Waals surface area contributed by atoms with Crippen LogP contribution in [0.25, 0.3) is 0 Å². The van der Waals surface area contributed by atoms with Crippen LogP contribution in [0.3, 0.4) is 0 Å². The predicted molar refractivity (Wildman–Crippen MR) is 286 cm³/mol. The number of carboxylic acids is 1. The number of guanidine groups is 1. The molecule has 1 aromatic rings. The van der Waals surface area contributed by atoms with Gasteiger partial charge in [0.25, 0.3) is 0 Å². The Morgan fingerprint density at radius 3 is 1.81 bits per heavy atom. The number of primary amides is 1. The van der Waals surface area contributed by atoms with E-state index in [1.54, 1.807) is 51.1 Å². The first kappa shape index (κ1) is 64.9. The summed E-state index contributed by atoms with van der Waals surface area (Å²) in [4.78, 5) is 151. The Hall–Kier alpha value is -7.42. The number of carbonyl (C=O) groups excluding carboxylic acids is 10. The summed E-state index contributed by atoms with van der Waals surface area (Å²) in [7, 11) is 0. The van der Waals surface area contributed by atoms with E-state index in [1.807, 2.05) is 6.92 Å². The summed E-state index contributed by atoms with van der Waals surface area (Å²) in [5.74, 6) is -10.0. The summed E-state index contributed by atoms with van der Waals surface area (Å²) in [6, 6.07) is -2.21. The first-order valence-corrected chi connectivity index (χ1v) is 26.7. The molecule has 27 heteroatoms. The minimum Gasteiger partial charge on any atom is -0.480 e. The van der Waals surface area contributed by atoms with Crippen LogP contribution in [0, 0.1) is 17.2 Å². The molecule has 3 rings (SSSR count). The van der Waals surface area contributed by atoms with Gasteiger partial charge in [-0.3, -0.25) is 53.4 Å². The molecule has 0 spiro atoms. The van der Waals surface area contributed by atoms with Gasteiger partial charge < -0.3 is 80.4 Å². The number of carbonyl (C=O) groups is 11. The SMILES string of the molecule is CC[C@H](C)[C@H](NC(=O)[C@H](C)N)C(=O)N1CCC[C@H]1C(=O)N[C@H](C(=O)N[C@@H](CC(N)=O)C(=O)N[C@@H](CCCCN)C(=O)N1CCC[C@H]1C(=O)NCC(=O)N[C@@H](CCCNC(=N)N)C(=O)N[C@@H](Cc1ccccc1)C(=O)O)C(C)C. The summed E-state index contributed by atoms with van der Waals surface area (Å²) in [6.45, 7) is 8.45. The number of rotatable bonds is 32. The van der Waals surface area contributed by atoms with E-state index in [0.29, 0.717) is 37.7 Å². The van der Waals surface area contributed by atoms with Crippen molar-refractivity contribution in [3.05, 3.63) is 35.9 Å². The summed E-state index contributed by atoms with van der Waals surface area (Å²) in [6.07, 6.45) is 2.05. The Kier molecular flexibility index (Phi) is 26.9. The number of aliphatic carboxylic acids is 1. The fraction of sp³-hybridized carbons (Fsp3) is 0.647. The third kappa shape index (κ3) is 20.5. The average Bonchev–Trinajstić information content (AvgIpc) is 4.11. The first-order chi connectivity index (χ1) is 36.9. The Morgan fingerprint density at radius 1 is 0.667 bits per heavy atom. The van der Waals surface area contributed by atoms with Gasteiger partial charge in [0.05, 0.1) is 19.0 Å². The van der Waals surface area contributed by atoms with Crippen molar-refractivity contribution in [2.75, 3.05) is 32.7 Å². The van der Waals surface area contributed by atoms with E-state index < -0.39 is 138 Å². The molecule has 2 fully saturated rings. The highest BCUT2D eigenvalue weighted by atomic mass is 16.4. The summed E-state index contributed by atoms with van der Waals surface area (Å²) in [5.41, 5.74) is 23.1. The normalized spacial score (nSPS) is 18.1. The van der Waals surface area contributed by atoms with Crippen molar-refractivity contribution in [1.82, 2.24) is 52.3 Å². The van der Waals surface area contributed by atoms with Crippen LogP contribution in [0.1, 0.15) is 111 Å². The average molecular weight is 1100 g/mol. The van der Waals surface area contributed by atoms with E-state index in [2.05, 4.69) is 42.5 Å². The molecule has 0 radical (unpaired) electrons. The van der Waals surface area contributed by atoms with Crippen molar-refractivity contribution < 1.29 is 57.8 Å². The maximum atomic E-state index is 14.4. The maximum Gasteiger partial charge on any atom is 0.326 e. The highest BCUT2D eigenvalue weighted by Crippen LogP contribution is 2.23. The summed E-state index contributed by atoms with van der Waals surface area (Å²) < 4.78 is 0. The predicted octanol–water partition coefficient (Wildman–Crippen LogP) is -3.36. The number of benzene rings is 1. The molecular weight excluding hydrogens is 1010 g/mol. The molecular formula is C51H83N15O12. The minimum atomic E-state index is -1.64. The monoisotopic (exact) mass is 1100 g/mol. The van der Waals surface area contributed by atoms with Crippen molar-refractivity contribution in [1.29, 1.82) is 5.41 Å². The van der Waals surface area contributed by atoms with Crippen LogP contribution in [0.15, 0.2) is 30.3 Å². The number of nitrogens with two attached hydrogens (primary N) is 4. The Morgan fingerprint density at radius 2 is 1.24 bits per heavy atom. The van der Waals surface area contributed by atoms with Crippen molar-refractivity contribution in [2.45, 2.75) is 166 Å². The van der Waals surface area contributed by atoms with Gasteiger partial charge >= 0.3 is 5.97 Å². The highest BCUT2D eigenvalue weighted by molar-refractivity contribution is 5.99. The molecule has 434 valence electrons. The molecule has 1 aromatic carbocycles. The van der Waals surface area contributed by atoms with Gasteiger partial charge in [0.15, 0.2) is 5.96 Å². The molecule has 0 aromatic heterocycles. The summed E-state index contributed by atoms with van der Waals surface area (Å²) >= 11 is 0. The molecule has 2 aliphatic heterocycles. The van der Waals surface area contributed by atoms with E-state index in [9.17, 15) is 57.8 Å². The Bertz CT molecular complexity index is 2270. The minimum absolute atomic E-state index is 0.00805. The fourth-order valence-corrected chi connectivity index (χ4v) is 9.08. The van der Waals surface area contributed by atoms with Gasteiger partial charge in [-0.25, -0.2) is 4.79 Å². The number of hydrogen-bond acceptors (Lipinski definition) is 14. The lowest BCUT2D eigenvalue weighted by atomic mass is 9.96. The van der Waals surface area contributed by atoms with Crippen LogP contribution < -0.4 is 65.5 Å². The van der Waals surface area contributed by atoms with Gasteiger partial charge in [-0.1, -0.05) is 64.4 Å². The van der Waals surface area contributed by atoms with E-state index in [1.165, 1.54) is 16.7 Å². The van der Waals surface area contributed by atoms with E-state index in [0.717, 1.165) is 0 Å². The van der Waals surface area contributed by atoms with Gasteiger partial charge in [0.2, 0.25) is 59.1 Å². The maximum absolute atomic E-state index is 14.4. The molecule has 2 saturated heterocycles. The molecule has 0 bridgehead atoms. The van der Waals surface area contributed by atoms with Crippen LogP contribution in [-0.2, 0) is 59.2 Å². The van der Waals surface area contributed by atoms with Gasteiger partial charge in [-0.15, -0.1) is 0 Å². The third-order valence-electron chi connectivity index (χ3n) is 13.7. The number of amides is 10. The smallest absolute Gasteiger partial charge is 0.326 e. The van der Waals surface area contributed by atoms with E-state index >= 15 is 0 Å². The third-order valence-corrected chi connectivity index (χ3v) is 13.7. The standard InChI is InChI=1S/C51H83N15O12/c1-6-29(4)41(64-42(69)30(5)53)49(76)66-24-14-20-37(66)46(73)63-40(28(2)3)47(74)61-34(26-38(54)67)44(71)60-33(17-10-11-21-52)48(75)65-23-13-19-36(65)45(72)58-27-39(68)59-32(18-12-22-57-51(55)56)43(70)62-35(50(77)78)25-31-15-8-7-9-16-31/h7-9,15-16,28-30,32-37,40-41H,6,10-14,17-27,52-53H2,1-5H3,(H2,54,67)(H,58,72)(H,59,68)(H,60,71)(H,61,74)(H,62,70)(H,63,73)(H,64,69)(H,77,78)(H4,55,56,57)/t29-,30-,32-,33-,34-,35-,36-,37-,40-,41-/m0/s1. The molecule has 0 aliphatic carbocycles. The molecule has 0 unspecified atom stereocenters. The topological polar surface area (TPSA) is 439 Å². The van der Waals surface area contributed by atoms with Crippen molar-refractivity contribution in [3.8, 4) is 0 Å².